The molecule has 3 amide bonds. The second-order valence-corrected chi connectivity index (χ2v) is 11.4. The van der Waals surface area contributed by atoms with Crippen molar-refractivity contribution < 1.29 is 24.3 Å². The highest BCUT2D eigenvalue weighted by atomic mass is 32.2. The number of carbonyl (C=O) groups is 4. The number of carboxylic acid groups (broad SMARTS) is 1. The van der Waals surface area contributed by atoms with Crippen molar-refractivity contribution in [3.8, 4) is 0 Å². The van der Waals surface area contributed by atoms with Gasteiger partial charge >= 0.3 is 5.97 Å². The number of thioether (sulfide) groups is 1. The van der Waals surface area contributed by atoms with Crippen LogP contribution in [0, 0.1) is 0 Å². The van der Waals surface area contributed by atoms with Crippen LogP contribution in [0.2, 0.25) is 0 Å². The third-order valence-electron chi connectivity index (χ3n) is 7.21. The van der Waals surface area contributed by atoms with Crippen LogP contribution in [0.4, 0.5) is 0 Å². The van der Waals surface area contributed by atoms with E-state index in [2.05, 4.69) is 30.9 Å². The first kappa shape index (κ1) is 32.3. The number of carboxylic acids is 1. The van der Waals surface area contributed by atoms with Gasteiger partial charge in [-0.2, -0.15) is 11.8 Å². The zero-order valence-corrected chi connectivity index (χ0v) is 25.1. The van der Waals surface area contributed by atoms with Gasteiger partial charge in [-0.05, 0) is 35.6 Å². The van der Waals surface area contributed by atoms with Crippen LogP contribution in [-0.4, -0.2) is 79.9 Å². The Morgan fingerprint density at radius 1 is 0.864 bits per heavy atom. The Hall–Kier alpha value is -4.62. The summed E-state index contributed by atoms with van der Waals surface area (Å²) in [6.45, 7) is 0. The van der Waals surface area contributed by atoms with Crippen LogP contribution in [0.25, 0.3) is 10.9 Å². The molecule has 0 fully saturated rings. The highest BCUT2D eigenvalue weighted by molar-refractivity contribution is 7.98. The molecule has 0 spiro atoms. The average Bonchev–Trinajstić information content (AvgIpc) is 3.69. The van der Waals surface area contributed by atoms with Gasteiger partial charge in [0.25, 0.3) is 0 Å². The Bertz CT molecular complexity index is 1540. The number of para-hydroxylation sites is 1. The molecule has 0 saturated carbocycles. The minimum absolute atomic E-state index is 0.0323. The van der Waals surface area contributed by atoms with Gasteiger partial charge in [-0.25, -0.2) is 9.78 Å². The molecular formula is C31H37N7O5S. The summed E-state index contributed by atoms with van der Waals surface area (Å²) in [6, 6.07) is 12.4. The molecule has 232 valence electrons. The summed E-state index contributed by atoms with van der Waals surface area (Å²) in [4.78, 5) is 62.4. The number of hydrogen-bond acceptors (Lipinski definition) is 7. The Kier molecular flexibility index (Phi) is 11.5. The third-order valence-corrected chi connectivity index (χ3v) is 7.85. The Morgan fingerprint density at radius 3 is 2.20 bits per heavy atom. The summed E-state index contributed by atoms with van der Waals surface area (Å²) >= 11 is 1.56. The molecule has 2 heterocycles. The van der Waals surface area contributed by atoms with E-state index in [9.17, 15) is 24.3 Å². The monoisotopic (exact) mass is 619 g/mol. The number of imidazole rings is 1. The van der Waals surface area contributed by atoms with Crippen LogP contribution in [0.1, 0.15) is 23.2 Å². The SMILES string of the molecule is CSCCC(N)C(=O)NC(Cc1ccccc1)C(=O)NC(Cc1c[nH]c2ccccc12)C(=O)NC(Cc1cnc[nH]1)C(=O)O. The minimum Gasteiger partial charge on any atom is -0.480 e. The maximum Gasteiger partial charge on any atom is 0.326 e. The van der Waals surface area contributed by atoms with Gasteiger partial charge in [-0.1, -0.05) is 48.5 Å². The third kappa shape index (κ3) is 8.94. The molecule has 0 aliphatic rings. The van der Waals surface area contributed by atoms with Crippen molar-refractivity contribution >= 4 is 46.4 Å². The number of fused-ring (bicyclic) bond motifs is 1. The van der Waals surface area contributed by atoms with Crippen molar-refractivity contribution in [2.24, 2.45) is 5.73 Å². The zero-order valence-electron chi connectivity index (χ0n) is 24.3. The summed E-state index contributed by atoms with van der Waals surface area (Å²) in [6.07, 6.45) is 7.20. The van der Waals surface area contributed by atoms with Crippen LogP contribution in [0.15, 0.2) is 73.3 Å². The smallest absolute Gasteiger partial charge is 0.326 e. The number of hydrogen-bond donors (Lipinski definition) is 7. The predicted molar refractivity (Wildman–Crippen MR) is 169 cm³/mol. The molecule has 13 heteroatoms. The number of benzene rings is 2. The van der Waals surface area contributed by atoms with E-state index < -0.39 is 47.9 Å². The van der Waals surface area contributed by atoms with E-state index in [-0.39, 0.29) is 19.3 Å². The van der Waals surface area contributed by atoms with Crippen LogP contribution >= 0.6 is 11.8 Å². The Labute approximate surface area is 259 Å². The molecule has 0 aliphatic carbocycles. The number of aromatic nitrogens is 3. The standard InChI is InChI=1S/C31H37N7O5S/c1-44-12-11-23(32)28(39)36-25(13-19-7-3-2-4-8-19)29(40)37-26(14-20-16-34-24-10-6-5-9-22(20)24)30(41)38-27(31(42)43)15-21-17-33-18-35-21/h2-10,16-18,23,25-27,34H,11-15,32H2,1H3,(H,33,35)(H,36,39)(H,37,40)(H,38,41)(H,42,43). The number of aliphatic carboxylic acids is 1. The number of nitrogens with zero attached hydrogens (tertiary/aromatic N) is 1. The van der Waals surface area contributed by atoms with Crippen molar-refractivity contribution in [2.45, 2.75) is 49.9 Å². The van der Waals surface area contributed by atoms with E-state index in [1.165, 1.54) is 12.5 Å². The molecule has 0 aliphatic heterocycles. The van der Waals surface area contributed by atoms with Crippen molar-refractivity contribution in [3.05, 3.63) is 90.1 Å². The maximum absolute atomic E-state index is 13.8. The number of carbonyl (C=O) groups excluding carboxylic acids is 3. The molecule has 0 saturated heterocycles. The van der Waals surface area contributed by atoms with E-state index in [1.807, 2.05) is 60.9 Å². The second kappa shape index (κ2) is 15.7. The molecule has 4 rings (SSSR count). The fraction of sp³-hybridized carbons (Fsp3) is 0.323. The first-order valence-electron chi connectivity index (χ1n) is 14.2. The van der Waals surface area contributed by atoms with Crippen LogP contribution < -0.4 is 21.7 Å². The van der Waals surface area contributed by atoms with Crippen molar-refractivity contribution in [2.75, 3.05) is 12.0 Å². The minimum atomic E-state index is -1.28. The molecule has 4 unspecified atom stereocenters. The molecule has 0 radical (unpaired) electrons. The fourth-order valence-corrected chi connectivity index (χ4v) is 5.29. The van der Waals surface area contributed by atoms with Gasteiger partial charge in [0, 0.05) is 48.3 Å². The molecule has 4 aromatic rings. The molecule has 44 heavy (non-hydrogen) atoms. The van der Waals surface area contributed by atoms with Gasteiger partial charge in [-0.15, -0.1) is 0 Å². The van der Waals surface area contributed by atoms with Gasteiger partial charge in [0.2, 0.25) is 17.7 Å². The van der Waals surface area contributed by atoms with Crippen molar-refractivity contribution in [1.82, 2.24) is 30.9 Å². The van der Waals surface area contributed by atoms with E-state index in [0.717, 1.165) is 22.0 Å². The van der Waals surface area contributed by atoms with Crippen LogP contribution in [0.3, 0.4) is 0 Å². The van der Waals surface area contributed by atoms with Gasteiger partial charge in [-0.3, -0.25) is 14.4 Å². The largest absolute Gasteiger partial charge is 0.480 e. The Balaban J connectivity index is 1.59. The molecule has 8 N–H and O–H groups in total. The molecular weight excluding hydrogens is 582 g/mol. The quantitative estimate of drug-likeness (QED) is 0.0981. The molecule has 4 atom stereocenters. The van der Waals surface area contributed by atoms with E-state index in [1.54, 1.807) is 18.0 Å². The van der Waals surface area contributed by atoms with E-state index in [4.69, 9.17) is 5.73 Å². The van der Waals surface area contributed by atoms with Gasteiger partial charge in [0.05, 0.1) is 12.4 Å². The summed E-state index contributed by atoms with van der Waals surface area (Å²) in [5, 5.41) is 18.8. The number of aromatic amines is 2. The highest BCUT2D eigenvalue weighted by Crippen LogP contribution is 2.19. The lowest BCUT2D eigenvalue weighted by Crippen LogP contribution is -2.58. The van der Waals surface area contributed by atoms with Crippen molar-refractivity contribution in [1.29, 1.82) is 0 Å². The van der Waals surface area contributed by atoms with Crippen LogP contribution in [-0.2, 0) is 38.4 Å². The predicted octanol–water partition coefficient (Wildman–Crippen LogP) is 1.54. The number of amides is 3. The summed E-state index contributed by atoms with van der Waals surface area (Å²) < 4.78 is 0. The first-order valence-corrected chi connectivity index (χ1v) is 15.6. The summed E-state index contributed by atoms with van der Waals surface area (Å²) in [5.74, 6) is -2.31. The maximum atomic E-state index is 13.8. The van der Waals surface area contributed by atoms with Gasteiger partial charge in [0.15, 0.2) is 0 Å². The number of rotatable bonds is 16. The number of nitrogens with two attached hydrogens (primary N) is 1. The molecule has 2 aromatic heterocycles. The molecule has 2 aromatic carbocycles. The Morgan fingerprint density at radius 2 is 1.52 bits per heavy atom. The number of H-pyrrole nitrogens is 2. The van der Waals surface area contributed by atoms with Gasteiger partial charge < -0.3 is 36.8 Å². The second-order valence-electron chi connectivity index (χ2n) is 10.4. The topological polar surface area (TPSA) is 195 Å². The van der Waals surface area contributed by atoms with Crippen LogP contribution in [0.5, 0.6) is 0 Å². The van der Waals surface area contributed by atoms with E-state index >= 15 is 0 Å². The highest BCUT2D eigenvalue weighted by Gasteiger charge is 2.31. The fourth-order valence-electron chi connectivity index (χ4n) is 4.80. The lowest BCUT2D eigenvalue weighted by Gasteiger charge is -2.25. The first-order chi connectivity index (χ1) is 21.2. The molecule has 0 bridgehead atoms. The summed E-state index contributed by atoms with van der Waals surface area (Å²) in [7, 11) is 0. The average molecular weight is 620 g/mol. The molecule has 12 nitrogen and oxygen atoms in total. The normalized spacial score (nSPS) is 13.9. The van der Waals surface area contributed by atoms with Gasteiger partial charge in [0.1, 0.15) is 18.1 Å². The lowest BCUT2D eigenvalue weighted by atomic mass is 10.0. The lowest BCUT2D eigenvalue weighted by molar-refractivity contribution is -0.142. The van der Waals surface area contributed by atoms with E-state index in [0.29, 0.717) is 17.9 Å². The number of nitrogens with one attached hydrogen (secondary N) is 5. The zero-order chi connectivity index (χ0) is 31.5. The van der Waals surface area contributed by atoms with Crippen molar-refractivity contribution in [3.63, 3.8) is 0 Å². The summed E-state index contributed by atoms with van der Waals surface area (Å²) in [5.41, 5.74) is 9.02.